The Balaban J connectivity index is 1.56. The number of hydrogen-bond acceptors (Lipinski definition) is 3. The predicted molar refractivity (Wildman–Crippen MR) is 133 cm³/mol. The molecule has 0 saturated heterocycles. The molecular formula is C30H20N2O. The van der Waals surface area contributed by atoms with E-state index < -0.39 is 0 Å². The third-order valence-electron chi connectivity index (χ3n) is 6.43. The fourth-order valence-electron chi connectivity index (χ4n) is 4.79. The van der Waals surface area contributed by atoms with E-state index in [2.05, 4.69) is 61.5 Å². The maximum Gasteiger partial charge on any atom is 0.160 e. The van der Waals surface area contributed by atoms with Crippen LogP contribution in [0.2, 0.25) is 0 Å². The molecular weight excluding hydrogens is 404 g/mol. The summed E-state index contributed by atoms with van der Waals surface area (Å²) >= 11 is 0. The Labute approximate surface area is 191 Å². The summed E-state index contributed by atoms with van der Waals surface area (Å²) in [5, 5.41) is 2.39. The van der Waals surface area contributed by atoms with E-state index in [1.807, 2.05) is 36.4 Å². The summed E-state index contributed by atoms with van der Waals surface area (Å²) in [5.74, 6) is 0.727. The Morgan fingerprint density at radius 1 is 0.667 bits per heavy atom. The first kappa shape index (κ1) is 18.3. The molecule has 0 saturated carbocycles. The van der Waals surface area contributed by atoms with Crippen LogP contribution in [0.1, 0.15) is 16.7 Å². The summed E-state index contributed by atoms with van der Waals surface area (Å²) < 4.78 is 6.30. The lowest BCUT2D eigenvalue weighted by molar-refractivity contribution is 0.668. The number of rotatable bonds is 3. The van der Waals surface area contributed by atoms with E-state index in [0.29, 0.717) is 0 Å². The minimum absolute atomic E-state index is 0.727. The number of aryl methyl sites for hydroxylation is 1. The van der Waals surface area contributed by atoms with Crippen LogP contribution in [0.3, 0.4) is 0 Å². The number of furan rings is 1. The molecule has 0 amide bonds. The largest absolute Gasteiger partial charge is 0.456 e. The monoisotopic (exact) mass is 424 g/mol. The van der Waals surface area contributed by atoms with Crippen molar-refractivity contribution in [1.29, 1.82) is 0 Å². The van der Waals surface area contributed by atoms with Gasteiger partial charge in [-0.1, -0.05) is 66.7 Å². The molecule has 0 atom stereocenters. The van der Waals surface area contributed by atoms with Gasteiger partial charge >= 0.3 is 0 Å². The molecule has 3 heteroatoms. The van der Waals surface area contributed by atoms with Gasteiger partial charge in [0.15, 0.2) is 5.82 Å². The third-order valence-corrected chi connectivity index (χ3v) is 6.43. The van der Waals surface area contributed by atoms with E-state index in [9.17, 15) is 0 Å². The summed E-state index contributed by atoms with van der Waals surface area (Å²) in [4.78, 5) is 10.0. The first-order valence-electron chi connectivity index (χ1n) is 11.2. The Hall–Kier alpha value is -4.24. The zero-order chi connectivity index (χ0) is 21.9. The van der Waals surface area contributed by atoms with Crippen LogP contribution in [0.5, 0.6) is 0 Å². The normalized spacial score (nSPS) is 12.3. The van der Waals surface area contributed by atoms with Gasteiger partial charge in [-0.2, -0.15) is 0 Å². The molecule has 156 valence electrons. The Bertz CT molecular complexity index is 1620. The minimum Gasteiger partial charge on any atom is -0.456 e. The van der Waals surface area contributed by atoms with Crippen LogP contribution in [0.4, 0.5) is 0 Å². The van der Waals surface area contributed by atoms with E-state index in [1.54, 1.807) is 0 Å². The van der Waals surface area contributed by atoms with Gasteiger partial charge in [0.2, 0.25) is 0 Å². The number of hydrogen-bond donors (Lipinski definition) is 0. The molecule has 1 aliphatic rings. The van der Waals surface area contributed by atoms with Crippen LogP contribution in [0.15, 0.2) is 95.4 Å². The fraction of sp³-hybridized carbons (Fsp3) is 0.0667. The lowest BCUT2D eigenvalue weighted by Crippen LogP contribution is -1.96. The Morgan fingerprint density at radius 2 is 1.39 bits per heavy atom. The molecule has 33 heavy (non-hydrogen) atoms. The molecule has 2 heterocycles. The van der Waals surface area contributed by atoms with Gasteiger partial charge in [-0.05, 0) is 54.3 Å². The van der Waals surface area contributed by atoms with Crippen molar-refractivity contribution in [3.63, 3.8) is 0 Å². The van der Waals surface area contributed by atoms with E-state index in [4.69, 9.17) is 14.4 Å². The average Bonchev–Trinajstić information content (AvgIpc) is 3.56. The lowest BCUT2D eigenvalue weighted by Gasteiger charge is -2.11. The maximum absolute atomic E-state index is 6.30. The highest BCUT2D eigenvalue weighted by atomic mass is 16.3. The van der Waals surface area contributed by atoms with E-state index in [1.165, 1.54) is 16.5 Å². The van der Waals surface area contributed by atoms with Gasteiger partial charge in [0.25, 0.3) is 0 Å². The summed E-state index contributed by atoms with van der Waals surface area (Å²) in [6, 6.07) is 31.2. The van der Waals surface area contributed by atoms with E-state index in [0.717, 1.165) is 62.4 Å². The van der Waals surface area contributed by atoms with Crippen molar-refractivity contribution in [3.8, 4) is 33.9 Å². The van der Waals surface area contributed by atoms with Crippen LogP contribution >= 0.6 is 0 Å². The zero-order valence-corrected chi connectivity index (χ0v) is 18.2. The summed E-state index contributed by atoms with van der Waals surface area (Å²) in [5.41, 5.74) is 10.8. The number of nitrogens with zero attached hydrogens (tertiary/aromatic N) is 2. The SMILES string of the molecule is Cc1cc(-c2cc(-c3ccccc3)nc(-c3ccccc3)n2)c2c(c1)oc1ccc3c(c12)C3. The molecule has 1 aliphatic carbocycles. The van der Waals surface area contributed by atoms with Gasteiger partial charge in [0.1, 0.15) is 11.2 Å². The van der Waals surface area contributed by atoms with Crippen LogP contribution in [0, 0.1) is 6.92 Å². The molecule has 0 aliphatic heterocycles. The average molecular weight is 425 g/mol. The van der Waals surface area contributed by atoms with Crippen LogP contribution < -0.4 is 0 Å². The van der Waals surface area contributed by atoms with Crippen molar-refractivity contribution in [3.05, 3.63) is 108 Å². The second-order valence-corrected chi connectivity index (χ2v) is 8.73. The second-order valence-electron chi connectivity index (χ2n) is 8.73. The smallest absolute Gasteiger partial charge is 0.160 e. The molecule has 4 aromatic carbocycles. The van der Waals surface area contributed by atoms with Crippen molar-refractivity contribution in [1.82, 2.24) is 9.97 Å². The Morgan fingerprint density at radius 3 is 2.18 bits per heavy atom. The third kappa shape index (κ3) is 2.97. The van der Waals surface area contributed by atoms with Gasteiger partial charge in [0, 0.05) is 27.5 Å². The van der Waals surface area contributed by atoms with Gasteiger partial charge in [-0.15, -0.1) is 0 Å². The van der Waals surface area contributed by atoms with Crippen LogP contribution in [-0.4, -0.2) is 9.97 Å². The molecule has 0 radical (unpaired) electrons. The Kier molecular flexibility index (Phi) is 3.82. The predicted octanol–water partition coefficient (Wildman–Crippen LogP) is 7.59. The quantitative estimate of drug-likeness (QED) is 0.293. The second kappa shape index (κ2) is 6.88. The highest BCUT2D eigenvalue weighted by molar-refractivity contribution is 6.15. The topological polar surface area (TPSA) is 38.9 Å². The highest BCUT2D eigenvalue weighted by Crippen LogP contribution is 2.45. The van der Waals surface area contributed by atoms with Crippen LogP contribution in [-0.2, 0) is 6.42 Å². The van der Waals surface area contributed by atoms with Gasteiger partial charge in [0.05, 0.1) is 11.4 Å². The number of benzene rings is 4. The van der Waals surface area contributed by atoms with E-state index in [-0.39, 0.29) is 0 Å². The molecule has 0 bridgehead atoms. The molecule has 0 spiro atoms. The van der Waals surface area contributed by atoms with Crippen molar-refractivity contribution < 1.29 is 4.42 Å². The molecule has 0 N–H and O–H groups in total. The van der Waals surface area contributed by atoms with E-state index >= 15 is 0 Å². The number of fused-ring (bicyclic) bond motifs is 5. The van der Waals surface area contributed by atoms with Gasteiger partial charge in [-0.3, -0.25) is 0 Å². The van der Waals surface area contributed by atoms with Gasteiger partial charge in [-0.25, -0.2) is 9.97 Å². The fourth-order valence-corrected chi connectivity index (χ4v) is 4.79. The van der Waals surface area contributed by atoms with Crippen molar-refractivity contribution in [2.45, 2.75) is 13.3 Å². The molecule has 3 nitrogen and oxygen atoms in total. The molecule has 6 aromatic rings. The summed E-state index contributed by atoms with van der Waals surface area (Å²) in [6.07, 6.45) is 1.04. The lowest BCUT2D eigenvalue weighted by atomic mass is 9.99. The highest BCUT2D eigenvalue weighted by Gasteiger charge is 2.26. The van der Waals surface area contributed by atoms with Crippen molar-refractivity contribution in [2.75, 3.05) is 0 Å². The molecule has 0 fully saturated rings. The number of aromatic nitrogens is 2. The molecule has 7 rings (SSSR count). The van der Waals surface area contributed by atoms with Crippen molar-refractivity contribution >= 4 is 21.9 Å². The standard InChI is InChI=1S/C30H20N2O/c1-18-14-23(29-27(15-18)33-26-13-12-21-16-22(21)28(26)29)25-17-24(19-8-4-2-5-9-19)31-30(32-25)20-10-6-3-7-11-20/h2-15,17H,16H2,1H3. The summed E-state index contributed by atoms with van der Waals surface area (Å²) in [7, 11) is 0. The minimum atomic E-state index is 0.727. The molecule has 0 unspecified atom stereocenters. The van der Waals surface area contributed by atoms with Crippen LogP contribution in [0.25, 0.3) is 55.8 Å². The first-order chi connectivity index (χ1) is 16.2. The summed E-state index contributed by atoms with van der Waals surface area (Å²) in [6.45, 7) is 2.11. The van der Waals surface area contributed by atoms with Crippen molar-refractivity contribution in [2.24, 2.45) is 0 Å². The molecule has 2 aromatic heterocycles. The van der Waals surface area contributed by atoms with Gasteiger partial charge < -0.3 is 4.42 Å². The maximum atomic E-state index is 6.30. The first-order valence-corrected chi connectivity index (χ1v) is 11.2. The zero-order valence-electron chi connectivity index (χ0n) is 18.2.